The summed E-state index contributed by atoms with van der Waals surface area (Å²) in [5.41, 5.74) is 1.26. The molecule has 368 valence electrons. The number of rotatable bonds is 14. The molecule has 0 atom stereocenters. The summed E-state index contributed by atoms with van der Waals surface area (Å²) in [5, 5.41) is 11.9. The fourth-order valence-corrected chi connectivity index (χ4v) is 21.1. The molecule has 0 aliphatic heterocycles. The zero-order valence-electron chi connectivity index (χ0n) is 42.4. The number of carbonyl (C=O) groups excluding carboxylic acids is 1. The van der Waals surface area contributed by atoms with Crippen LogP contribution >= 0.6 is 20.7 Å². The molecule has 0 fully saturated rings. The van der Waals surface area contributed by atoms with Crippen LogP contribution in [0.5, 0.6) is 0 Å². The third-order valence-electron chi connectivity index (χ3n) is 12.9. The molecule has 10 aromatic carbocycles. The number of ether oxygens (including phenoxy) is 1. The second kappa shape index (κ2) is 27.0. The molecule has 0 radical (unpaired) electrons. The van der Waals surface area contributed by atoms with Gasteiger partial charge in [-0.05, 0) is 93.1 Å². The zero-order chi connectivity index (χ0) is 51.2. The molecule has 10 aromatic rings. The Morgan fingerprint density at radius 2 is 0.554 bits per heavy atom. The van der Waals surface area contributed by atoms with Gasteiger partial charge in [0.05, 0.1) is 6.61 Å². The second-order valence-corrected chi connectivity index (χ2v) is 27.4. The second-order valence-electron chi connectivity index (χ2n) is 17.6. The van der Waals surface area contributed by atoms with Crippen molar-refractivity contribution in [2.75, 3.05) is 6.61 Å². The van der Waals surface area contributed by atoms with Crippen LogP contribution in [-0.2, 0) is 9.53 Å². The quantitative estimate of drug-likeness (QED) is 0.0801. The smallest absolute Gasteiger partial charge is 0.331 e. The minimum atomic E-state index is -2.24. The summed E-state index contributed by atoms with van der Waals surface area (Å²) in [6, 6.07) is 107. The van der Waals surface area contributed by atoms with Crippen LogP contribution in [0, 0.1) is 0 Å². The van der Waals surface area contributed by atoms with Gasteiger partial charge in [0, 0.05) is 5.80 Å². The third-order valence-corrected chi connectivity index (χ3v) is 25.0. The average Bonchev–Trinajstić information content (AvgIpc) is 3.49. The van der Waals surface area contributed by atoms with Gasteiger partial charge in [-0.3, -0.25) is 0 Å². The molecule has 0 amide bonds. The molecular weight excluding hydrogens is 954 g/mol. The molecule has 0 aliphatic carbocycles. The van der Waals surface area contributed by atoms with Gasteiger partial charge >= 0.3 is 5.97 Å². The SMILES string of the molecule is C(c1ccccc1)=P(c1ccccc1)(c1ccccc1)c1ccccc1.CCCC=P(c1ccccc1)(c1ccccc1)c1ccccc1.CCOC(=O)C=P(c1ccccc1)(c1ccccc1)c1ccccc1. The molecule has 0 heterocycles. The van der Waals surface area contributed by atoms with E-state index >= 15 is 0 Å². The Bertz CT molecular complexity index is 3080. The van der Waals surface area contributed by atoms with Crippen LogP contribution < -0.4 is 47.7 Å². The van der Waals surface area contributed by atoms with E-state index < -0.39 is 20.7 Å². The van der Waals surface area contributed by atoms with Crippen LogP contribution in [0.2, 0.25) is 0 Å². The fraction of sp³-hybridized carbons (Fsp3) is 0.0725. The van der Waals surface area contributed by atoms with Gasteiger partial charge in [0.2, 0.25) is 0 Å². The maximum atomic E-state index is 12.5. The monoisotopic (exact) mass is 1020 g/mol. The lowest BCUT2D eigenvalue weighted by molar-refractivity contribution is -0.134. The molecule has 0 saturated heterocycles. The first-order valence-electron chi connectivity index (χ1n) is 25.5. The third kappa shape index (κ3) is 12.5. The first kappa shape index (κ1) is 52.9. The van der Waals surface area contributed by atoms with E-state index in [-0.39, 0.29) is 5.97 Å². The van der Waals surface area contributed by atoms with Crippen LogP contribution in [0.1, 0.15) is 32.3 Å². The number of carbonyl (C=O) groups is 1. The summed E-state index contributed by atoms with van der Waals surface area (Å²) in [4.78, 5) is 12.5. The van der Waals surface area contributed by atoms with Crippen molar-refractivity contribution in [2.24, 2.45) is 0 Å². The zero-order valence-corrected chi connectivity index (χ0v) is 45.1. The maximum absolute atomic E-state index is 12.5. The Balaban J connectivity index is 0.000000148. The molecule has 74 heavy (non-hydrogen) atoms. The van der Waals surface area contributed by atoms with E-state index in [0.29, 0.717) is 6.61 Å². The summed E-state index contributed by atoms with van der Waals surface area (Å²) in [5.74, 6) is 6.61. The summed E-state index contributed by atoms with van der Waals surface area (Å²) >= 11 is 0. The molecule has 2 nitrogen and oxygen atoms in total. The average molecular weight is 1020 g/mol. The fourth-order valence-electron chi connectivity index (χ4n) is 9.50. The van der Waals surface area contributed by atoms with Crippen LogP contribution in [0.4, 0.5) is 0 Å². The molecule has 0 spiro atoms. The largest absolute Gasteiger partial charge is 0.463 e. The van der Waals surface area contributed by atoms with E-state index in [0.717, 1.165) is 22.3 Å². The van der Waals surface area contributed by atoms with Crippen molar-refractivity contribution in [2.45, 2.75) is 26.7 Å². The predicted octanol–water partition coefficient (Wildman–Crippen LogP) is 12.8. The van der Waals surface area contributed by atoms with Gasteiger partial charge in [0.1, 0.15) is 0 Å². The maximum Gasteiger partial charge on any atom is 0.331 e. The number of hydrogen-bond acceptors (Lipinski definition) is 2. The van der Waals surface area contributed by atoms with E-state index in [2.05, 4.69) is 267 Å². The van der Waals surface area contributed by atoms with E-state index in [1.807, 2.05) is 61.5 Å². The van der Waals surface area contributed by atoms with Crippen molar-refractivity contribution < 1.29 is 9.53 Å². The molecule has 5 heteroatoms. The van der Waals surface area contributed by atoms with Gasteiger partial charge in [-0.1, -0.05) is 322 Å². The van der Waals surface area contributed by atoms with E-state index in [1.54, 1.807) is 5.80 Å². The van der Waals surface area contributed by atoms with Gasteiger partial charge < -0.3 is 4.74 Å². The highest BCUT2D eigenvalue weighted by atomic mass is 31.2. The molecule has 0 unspecified atom stereocenters. The molecule has 10 rings (SSSR count). The summed E-state index contributed by atoms with van der Waals surface area (Å²) in [6.07, 6.45) is 2.31. The molecule has 0 N–H and O–H groups in total. The van der Waals surface area contributed by atoms with Gasteiger partial charge in [-0.15, -0.1) is 0 Å². The summed E-state index contributed by atoms with van der Waals surface area (Å²) < 4.78 is 5.30. The first-order valence-corrected chi connectivity index (χ1v) is 31.1. The van der Waals surface area contributed by atoms with Crippen molar-refractivity contribution in [1.29, 1.82) is 0 Å². The Labute approximate surface area is 441 Å². The van der Waals surface area contributed by atoms with Crippen molar-refractivity contribution in [3.63, 3.8) is 0 Å². The van der Waals surface area contributed by atoms with Crippen molar-refractivity contribution in [3.8, 4) is 0 Å². The van der Waals surface area contributed by atoms with Crippen LogP contribution in [0.3, 0.4) is 0 Å². The standard InChI is InChI=1S/C25H21P.C22H21O2P.C22H23P/c1-5-13-22(14-6-1)21-26(23-15-7-2-8-16-23,24-17-9-3-10-18-24)25-19-11-4-12-20-25;1-2-24-22(23)18-25(19-12-6-3-7-13-19,20-14-8-4-9-15-20)21-16-10-5-11-17-21;1-2-3-19-23(20-13-7-4-8-14-20,21-15-9-5-10-16-21)22-17-11-6-12-18-22/h1-21H;3-18H,2H2,1H3;4-19H,2-3H2,1H3. The predicted molar refractivity (Wildman–Crippen MR) is 331 cm³/mol. The lowest BCUT2D eigenvalue weighted by Gasteiger charge is -2.29. The van der Waals surface area contributed by atoms with Crippen molar-refractivity contribution in [3.05, 3.63) is 309 Å². The highest BCUT2D eigenvalue weighted by Crippen LogP contribution is 2.46. The summed E-state index contributed by atoms with van der Waals surface area (Å²) in [7, 11) is 0. The van der Waals surface area contributed by atoms with Crippen molar-refractivity contribution in [1.82, 2.24) is 0 Å². The van der Waals surface area contributed by atoms with Gasteiger partial charge in [0.15, 0.2) is 0 Å². The molecule has 0 aliphatic rings. The highest BCUT2D eigenvalue weighted by molar-refractivity contribution is 7.95. The Morgan fingerprint density at radius 1 is 0.324 bits per heavy atom. The van der Waals surface area contributed by atoms with Gasteiger partial charge in [0.25, 0.3) is 0 Å². The lowest BCUT2D eigenvalue weighted by Crippen LogP contribution is -2.29. The minimum absolute atomic E-state index is 0.271. The molecule has 0 bridgehead atoms. The first-order chi connectivity index (χ1) is 36.5. The molecule has 0 saturated carbocycles. The normalized spacial score (nSPS) is 11.1. The van der Waals surface area contributed by atoms with E-state index in [4.69, 9.17) is 4.74 Å². The van der Waals surface area contributed by atoms with Crippen LogP contribution in [0.25, 0.3) is 0 Å². The van der Waals surface area contributed by atoms with Crippen LogP contribution in [0.15, 0.2) is 303 Å². The van der Waals surface area contributed by atoms with Crippen LogP contribution in [-0.4, -0.2) is 30.0 Å². The number of benzene rings is 10. The molecular formula is C69H65O2P3. The Hall–Kier alpha value is -7.43. The number of esters is 1. The van der Waals surface area contributed by atoms with E-state index in [1.165, 1.54) is 43.8 Å². The van der Waals surface area contributed by atoms with Crippen molar-refractivity contribution >= 4 is 91.8 Å². The van der Waals surface area contributed by atoms with Gasteiger partial charge in [-0.25, -0.2) is 4.79 Å². The number of hydrogen-bond donors (Lipinski definition) is 0. The Morgan fingerprint density at radius 3 is 0.797 bits per heavy atom. The topological polar surface area (TPSA) is 26.3 Å². The Kier molecular flexibility index (Phi) is 19.3. The lowest BCUT2D eigenvalue weighted by atomic mass is 10.2. The van der Waals surface area contributed by atoms with Gasteiger partial charge in [-0.2, -0.15) is 0 Å². The van der Waals surface area contributed by atoms with E-state index in [9.17, 15) is 4.79 Å². The minimum Gasteiger partial charge on any atom is -0.463 e. The highest BCUT2D eigenvalue weighted by Gasteiger charge is 2.28. The summed E-state index contributed by atoms with van der Waals surface area (Å²) in [6.45, 7) is -1.38. The molecule has 0 aromatic heterocycles. The number of unbranched alkanes of at least 4 members (excludes halogenated alkanes) is 1.